The second-order valence-electron chi connectivity index (χ2n) is 8.80. The van der Waals surface area contributed by atoms with Crippen LogP contribution in [0.25, 0.3) is 0 Å². The quantitative estimate of drug-likeness (QED) is 0.365. The summed E-state index contributed by atoms with van der Waals surface area (Å²) in [7, 11) is 1.76. The Labute approximate surface area is 186 Å². The van der Waals surface area contributed by atoms with E-state index < -0.39 is 5.60 Å². The number of likely N-dealkylation sites (tertiary alicyclic amines) is 1. The van der Waals surface area contributed by atoms with E-state index >= 15 is 0 Å². The highest BCUT2D eigenvalue weighted by atomic mass is 35.5. The van der Waals surface area contributed by atoms with Gasteiger partial charge in [0.05, 0.1) is 0 Å². The summed E-state index contributed by atoms with van der Waals surface area (Å²) in [4.78, 5) is 18.6. The molecule has 0 spiro atoms. The standard InChI is InChI=1S/C23H36ClN3O3/c1-7-16(2)20(17-8-10-18(24)11-9-17)29-21(25-6)27-14-12-19(13-15-27)26-22(28)30-23(3,4)5/h8,10-11,17,19H,7,9,12-15H2,1-6H3,(H,26,28)/b20-16-,25-21?. The fourth-order valence-corrected chi connectivity index (χ4v) is 3.64. The molecule has 1 amide bonds. The number of hydrogen-bond donors (Lipinski definition) is 1. The highest BCUT2D eigenvalue weighted by Crippen LogP contribution is 2.29. The number of nitrogens with zero attached hydrogens (tertiary/aromatic N) is 2. The first kappa shape index (κ1) is 24.3. The van der Waals surface area contributed by atoms with Gasteiger partial charge in [-0.05, 0) is 65.0 Å². The molecule has 2 rings (SSSR count). The van der Waals surface area contributed by atoms with Gasteiger partial charge in [0.25, 0.3) is 6.02 Å². The lowest BCUT2D eigenvalue weighted by Crippen LogP contribution is -2.48. The van der Waals surface area contributed by atoms with E-state index in [1.807, 2.05) is 32.9 Å². The van der Waals surface area contributed by atoms with Gasteiger partial charge in [-0.3, -0.25) is 0 Å². The van der Waals surface area contributed by atoms with Gasteiger partial charge in [0.1, 0.15) is 11.4 Å². The molecular weight excluding hydrogens is 402 g/mol. The van der Waals surface area contributed by atoms with E-state index in [1.54, 1.807) is 7.05 Å². The van der Waals surface area contributed by atoms with Crippen molar-refractivity contribution in [2.45, 2.75) is 71.9 Å². The van der Waals surface area contributed by atoms with Crippen molar-refractivity contribution >= 4 is 23.7 Å². The van der Waals surface area contributed by atoms with Crippen LogP contribution in [-0.4, -0.2) is 48.8 Å². The summed E-state index contributed by atoms with van der Waals surface area (Å²) >= 11 is 6.09. The molecule has 2 aliphatic rings. The minimum atomic E-state index is -0.493. The summed E-state index contributed by atoms with van der Waals surface area (Å²) in [5.74, 6) is 1.11. The van der Waals surface area contributed by atoms with Crippen molar-refractivity contribution in [1.82, 2.24) is 10.2 Å². The number of piperidine rings is 1. The molecule has 1 fully saturated rings. The van der Waals surface area contributed by atoms with Gasteiger partial charge in [0.2, 0.25) is 0 Å². The van der Waals surface area contributed by atoms with Crippen molar-refractivity contribution < 1.29 is 14.3 Å². The molecule has 1 saturated heterocycles. The van der Waals surface area contributed by atoms with Gasteiger partial charge in [-0.15, -0.1) is 0 Å². The number of alkyl carbamates (subject to hydrolysis) is 1. The predicted molar refractivity (Wildman–Crippen MR) is 123 cm³/mol. The number of ether oxygens (including phenoxy) is 2. The van der Waals surface area contributed by atoms with Gasteiger partial charge in [-0.25, -0.2) is 9.79 Å². The molecular formula is C23H36ClN3O3. The zero-order chi connectivity index (χ0) is 22.3. The van der Waals surface area contributed by atoms with Gasteiger partial charge >= 0.3 is 6.09 Å². The van der Waals surface area contributed by atoms with Crippen LogP contribution in [0.5, 0.6) is 0 Å². The smallest absolute Gasteiger partial charge is 0.407 e. The second kappa shape index (κ2) is 10.9. The molecule has 0 radical (unpaired) electrons. The van der Waals surface area contributed by atoms with Gasteiger partial charge in [0.15, 0.2) is 0 Å². The van der Waals surface area contributed by atoms with Crippen LogP contribution in [-0.2, 0) is 9.47 Å². The molecule has 0 bridgehead atoms. The SMILES string of the molecule is CC/C(C)=C(\OC(=NC)N1CCC(NC(=O)OC(C)(C)C)CC1)C1C=CC(Cl)=CC1. The normalized spacial score (nSPS) is 21.7. The molecule has 7 heteroatoms. The molecule has 0 aromatic rings. The summed E-state index contributed by atoms with van der Waals surface area (Å²) in [5.41, 5.74) is 0.715. The molecule has 1 N–H and O–H groups in total. The average Bonchev–Trinajstić information content (AvgIpc) is 2.68. The largest absolute Gasteiger partial charge is 0.444 e. The molecule has 0 aromatic heterocycles. The molecule has 6 nitrogen and oxygen atoms in total. The van der Waals surface area contributed by atoms with Crippen LogP contribution in [0.3, 0.4) is 0 Å². The molecule has 1 heterocycles. The van der Waals surface area contributed by atoms with Crippen LogP contribution in [0.2, 0.25) is 0 Å². The third-order valence-corrected chi connectivity index (χ3v) is 5.50. The maximum Gasteiger partial charge on any atom is 0.407 e. The van der Waals surface area contributed by atoms with E-state index in [2.05, 4.69) is 35.1 Å². The Morgan fingerprint density at radius 3 is 2.50 bits per heavy atom. The lowest BCUT2D eigenvalue weighted by molar-refractivity contribution is 0.0486. The summed E-state index contributed by atoms with van der Waals surface area (Å²) in [6.45, 7) is 11.4. The van der Waals surface area contributed by atoms with Crippen LogP contribution in [0.15, 0.2) is 39.6 Å². The third-order valence-electron chi connectivity index (χ3n) is 5.22. The first-order chi connectivity index (χ1) is 14.1. The van der Waals surface area contributed by atoms with E-state index in [0.29, 0.717) is 6.02 Å². The fraction of sp³-hybridized carbons (Fsp3) is 0.652. The van der Waals surface area contributed by atoms with E-state index in [-0.39, 0.29) is 18.1 Å². The Balaban J connectivity index is 1.96. The molecule has 1 aliphatic carbocycles. The summed E-state index contributed by atoms with van der Waals surface area (Å²) in [6, 6.07) is 0.720. The zero-order valence-electron chi connectivity index (χ0n) is 19.1. The number of rotatable bonds is 4. The predicted octanol–water partition coefficient (Wildman–Crippen LogP) is 5.36. The summed E-state index contributed by atoms with van der Waals surface area (Å²) in [5, 5.41) is 3.74. The number of nitrogens with one attached hydrogen (secondary N) is 1. The van der Waals surface area contributed by atoms with Gasteiger partial charge in [-0.2, -0.15) is 0 Å². The number of carbonyl (C=O) groups excluding carboxylic acids is 1. The number of aliphatic imine (C=N–C) groups is 1. The van der Waals surface area contributed by atoms with Crippen LogP contribution < -0.4 is 5.32 Å². The monoisotopic (exact) mass is 437 g/mol. The number of amidine groups is 1. The second-order valence-corrected chi connectivity index (χ2v) is 9.24. The molecule has 1 aliphatic heterocycles. The van der Waals surface area contributed by atoms with E-state index in [1.165, 1.54) is 5.57 Å². The number of carbonyl (C=O) groups is 1. The minimum Gasteiger partial charge on any atom is -0.444 e. The van der Waals surface area contributed by atoms with Crippen LogP contribution >= 0.6 is 11.6 Å². The van der Waals surface area contributed by atoms with Gasteiger partial charge in [0, 0.05) is 37.1 Å². The molecule has 168 valence electrons. The van der Waals surface area contributed by atoms with E-state index in [9.17, 15) is 4.79 Å². The van der Waals surface area contributed by atoms with Crippen molar-refractivity contribution in [3.05, 3.63) is 34.6 Å². The lowest BCUT2D eigenvalue weighted by Gasteiger charge is -2.35. The average molecular weight is 438 g/mol. The molecule has 30 heavy (non-hydrogen) atoms. The van der Waals surface area contributed by atoms with Crippen LogP contribution in [0, 0.1) is 5.92 Å². The van der Waals surface area contributed by atoms with Gasteiger partial charge in [-0.1, -0.05) is 30.7 Å². The van der Waals surface area contributed by atoms with Crippen LogP contribution in [0.1, 0.15) is 60.3 Å². The number of amides is 1. The first-order valence-electron chi connectivity index (χ1n) is 10.8. The van der Waals surface area contributed by atoms with Crippen molar-refractivity contribution in [2.75, 3.05) is 20.1 Å². The Morgan fingerprint density at radius 2 is 2.00 bits per heavy atom. The number of hydrogen-bond acceptors (Lipinski definition) is 4. The fourth-order valence-electron chi connectivity index (χ4n) is 3.48. The van der Waals surface area contributed by atoms with Gasteiger partial charge < -0.3 is 19.7 Å². The maximum absolute atomic E-state index is 12.0. The Bertz CT molecular complexity index is 726. The number of allylic oxidation sites excluding steroid dienone is 5. The van der Waals surface area contributed by atoms with Crippen molar-refractivity contribution in [2.24, 2.45) is 10.9 Å². The summed E-state index contributed by atoms with van der Waals surface area (Å²) in [6.07, 6.45) is 9.05. The Hall–Kier alpha value is -1.95. The molecule has 1 atom stereocenters. The van der Waals surface area contributed by atoms with Crippen molar-refractivity contribution in [1.29, 1.82) is 0 Å². The molecule has 0 saturated carbocycles. The minimum absolute atomic E-state index is 0.0927. The lowest BCUT2D eigenvalue weighted by atomic mass is 9.95. The summed E-state index contributed by atoms with van der Waals surface area (Å²) < 4.78 is 11.7. The highest BCUT2D eigenvalue weighted by Gasteiger charge is 2.27. The van der Waals surface area contributed by atoms with Crippen molar-refractivity contribution in [3.8, 4) is 0 Å². The Kier molecular flexibility index (Phi) is 8.83. The molecule has 0 aromatic carbocycles. The van der Waals surface area contributed by atoms with E-state index in [4.69, 9.17) is 21.1 Å². The highest BCUT2D eigenvalue weighted by molar-refractivity contribution is 6.31. The number of halogens is 1. The first-order valence-corrected chi connectivity index (χ1v) is 11.1. The van der Waals surface area contributed by atoms with Crippen LogP contribution in [0.4, 0.5) is 4.79 Å². The molecule has 1 unspecified atom stereocenters. The Morgan fingerprint density at radius 1 is 1.33 bits per heavy atom. The van der Waals surface area contributed by atoms with E-state index in [0.717, 1.165) is 49.6 Å². The topological polar surface area (TPSA) is 63.2 Å². The zero-order valence-corrected chi connectivity index (χ0v) is 19.9. The maximum atomic E-state index is 12.0. The third kappa shape index (κ3) is 7.38. The van der Waals surface area contributed by atoms with Crippen molar-refractivity contribution in [3.63, 3.8) is 0 Å².